The van der Waals surface area contributed by atoms with Crippen LogP contribution in [0.1, 0.15) is 31.4 Å². The third-order valence-electron chi connectivity index (χ3n) is 2.27. The van der Waals surface area contributed by atoms with Crippen LogP contribution in [0.5, 0.6) is 0 Å². The Labute approximate surface area is 102 Å². The van der Waals surface area contributed by atoms with Gasteiger partial charge in [-0.1, -0.05) is 6.08 Å². The van der Waals surface area contributed by atoms with E-state index in [4.69, 9.17) is 9.15 Å². The normalized spacial score (nSPS) is 12.9. The van der Waals surface area contributed by atoms with Crippen LogP contribution in [0.3, 0.4) is 0 Å². The minimum absolute atomic E-state index is 0.121. The number of carbonyl (C=O) groups is 1. The summed E-state index contributed by atoms with van der Waals surface area (Å²) in [5.41, 5.74) is 0. The van der Waals surface area contributed by atoms with E-state index in [1.54, 1.807) is 13.0 Å². The van der Waals surface area contributed by atoms with Gasteiger partial charge in [-0.3, -0.25) is 0 Å². The molecule has 1 aromatic heterocycles. The maximum atomic E-state index is 11.0. The van der Waals surface area contributed by atoms with E-state index in [-0.39, 0.29) is 12.0 Å². The third kappa shape index (κ3) is 4.87. The van der Waals surface area contributed by atoms with E-state index in [1.807, 2.05) is 26.0 Å². The molecule has 4 heteroatoms. The fourth-order valence-corrected chi connectivity index (χ4v) is 1.38. The van der Waals surface area contributed by atoms with E-state index in [0.29, 0.717) is 13.2 Å². The summed E-state index contributed by atoms with van der Waals surface area (Å²) in [5.74, 6) is 1.48. The second kappa shape index (κ2) is 6.91. The standard InChI is InChI=1S/C13H19NO3/c1-4-16-13(15)6-5-9-14-11(3)12-8-7-10(2)17-12/h5-8,11,14H,4,9H2,1-3H3/b6-5+. The number of ether oxygens (including phenoxy) is 1. The monoisotopic (exact) mass is 237 g/mol. The van der Waals surface area contributed by atoms with Crippen molar-refractivity contribution in [3.05, 3.63) is 35.8 Å². The van der Waals surface area contributed by atoms with Gasteiger partial charge in [0.05, 0.1) is 12.6 Å². The number of hydrogen-bond donors (Lipinski definition) is 1. The van der Waals surface area contributed by atoms with E-state index >= 15 is 0 Å². The van der Waals surface area contributed by atoms with Crippen molar-refractivity contribution in [3.63, 3.8) is 0 Å². The molecule has 0 radical (unpaired) electrons. The second-order valence-corrected chi connectivity index (χ2v) is 3.73. The van der Waals surface area contributed by atoms with Crippen LogP contribution in [0, 0.1) is 6.92 Å². The van der Waals surface area contributed by atoms with Crippen molar-refractivity contribution < 1.29 is 13.9 Å². The molecule has 4 nitrogen and oxygen atoms in total. The Hall–Kier alpha value is -1.55. The van der Waals surface area contributed by atoms with Crippen molar-refractivity contribution in [3.8, 4) is 0 Å². The van der Waals surface area contributed by atoms with Gasteiger partial charge in [0.15, 0.2) is 0 Å². The number of rotatable bonds is 6. The molecule has 94 valence electrons. The summed E-state index contributed by atoms with van der Waals surface area (Å²) in [4.78, 5) is 11.0. The molecule has 0 saturated carbocycles. The Bertz CT molecular complexity index is 382. The van der Waals surface area contributed by atoms with E-state index in [0.717, 1.165) is 11.5 Å². The zero-order chi connectivity index (χ0) is 12.7. The summed E-state index contributed by atoms with van der Waals surface area (Å²) in [7, 11) is 0. The van der Waals surface area contributed by atoms with Crippen molar-refractivity contribution in [1.29, 1.82) is 0 Å². The molecule has 0 fully saturated rings. The average Bonchev–Trinajstić information content (AvgIpc) is 2.71. The molecule has 0 aliphatic heterocycles. The summed E-state index contributed by atoms with van der Waals surface area (Å²) in [6.45, 7) is 6.71. The Kier molecular flexibility index (Phi) is 5.49. The van der Waals surface area contributed by atoms with Crippen LogP contribution in [-0.4, -0.2) is 19.1 Å². The highest BCUT2D eigenvalue weighted by Crippen LogP contribution is 2.14. The zero-order valence-corrected chi connectivity index (χ0v) is 10.5. The first-order chi connectivity index (χ1) is 8.13. The topological polar surface area (TPSA) is 51.5 Å². The van der Waals surface area contributed by atoms with Crippen molar-refractivity contribution in [2.75, 3.05) is 13.2 Å². The van der Waals surface area contributed by atoms with Crippen LogP contribution in [-0.2, 0) is 9.53 Å². The molecule has 1 aromatic rings. The van der Waals surface area contributed by atoms with Gasteiger partial charge in [0, 0.05) is 12.6 Å². The Balaban J connectivity index is 2.29. The van der Waals surface area contributed by atoms with Gasteiger partial charge in [0.2, 0.25) is 0 Å². The highest BCUT2D eigenvalue weighted by atomic mass is 16.5. The lowest BCUT2D eigenvalue weighted by Gasteiger charge is -2.08. The van der Waals surface area contributed by atoms with E-state index in [9.17, 15) is 4.79 Å². The smallest absolute Gasteiger partial charge is 0.330 e. The van der Waals surface area contributed by atoms with Gasteiger partial charge in [-0.05, 0) is 32.9 Å². The zero-order valence-electron chi connectivity index (χ0n) is 10.5. The molecule has 1 atom stereocenters. The quantitative estimate of drug-likeness (QED) is 0.609. The van der Waals surface area contributed by atoms with E-state index < -0.39 is 0 Å². The second-order valence-electron chi connectivity index (χ2n) is 3.73. The average molecular weight is 237 g/mol. The van der Waals surface area contributed by atoms with Gasteiger partial charge in [0.25, 0.3) is 0 Å². The maximum absolute atomic E-state index is 11.0. The van der Waals surface area contributed by atoms with Gasteiger partial charge in [-0.2, -0.15) is 0 Å². The van der Waals surface area contributed by atoms with Gasteiger partial charge >= 0.3 is 5.97 Å². The van der Waals surface area contributed by atoms with Gasteiger partial charge in [-0.15, -0.1) is 0 Å². The molecular formula is C13H19NO3. The summed E-state index contributed by atoms with van der Waals surface area (Å²) in [6, 6.07) is 4.00. The lowest BCUT2D eigenvalue weighted by Crippen LogP contribution is -2.18. The molecule has 0 saturated heterocycles. The van der Waals surface area contributed by atoms with Gasteiger partial charge < -0.3 is 14.5 Å². The number of aryl methyl sites for hydroxylation is 1. The summed E-state index contributed by atoms with van der Waals surface area (Å²) >= 11 is 0. The minimum Gasteiger partial charge on any atom is -0.465 e. The molecule has 17 heavy (non-hydrogen) atoms. The lowest BCUT2D eigenvalue weighted by atomic mass is 10.2. The van der Waals surface area contributed by atoms with E-state index in [2.05, 4.69) is 5.32 Å². The first kappa shape index (κ1) is 13.5. The number of nitrogens with one attached hydrogen (secondary N) is 1. The molecule has 0 aliphatic carbocycles. The summed E-state index contributed by atoms with van der Waals surface area (Å²) in [6.07, 6.45) is 3.17. The first-order valence-electron chi connectivity index (χ1n) is 5.76. The van der Waals surface area contributed by atoms with Crippen molar-refractivity contribution in [1.82, 2.24) is 5.32 Å². The fraction of sp³-hybridized carbons (Fsp3) is 0.462. The molecule has 1 rings (SSSR count). The molecule has 0 spiro atoms. The fourth-order valence-electron chi connectivity index (χ4n) is 1.38. The molecule has 0 aliphatic rings. The Morgan fingerprint density at radius 1 is 1.59 bits per heavy atom. The molecule has 1 heterocycles. The van der Waals surface area contributed by atoms with Crippen LogP contribution in [0.25, 0.3) is 0 Å². The predicted octanol–water partition coefficient (Wildman–Crippen LogP) is 2.36. The van der Waals surface area contributed by atoms with Crippen LogP contribution in [0.2, 0.25) is 0 Å². The minimum atomic E-state index is -0.309. The highest BCUT2D eigenvalue weighted by Gasteiger charge is 2.07. The van der Waals surface area contributed by atoms with E-state index in [1.165, 1.54) is 6.08 Å². The number of esters is 1. The molecular weight excluding hydrogens is 218 g/mol. The van der Waals surface area contributed by atoms with Crippen molar-refractivity contribution in [2.24, 2.45) is 0 Å². The molecule has 0 amide bonds. The number of carbonyl (C=O) groups excluding carboxylic acids is 1. The Morgan fingerprint density at radius 2 is 2.35 bits per heavy atom. The van der Waals surface area contributed by atoms with Crippen LogP contribution in [0.15, 0.2) is 28.7 Å². The first-order valence-corrected chi connectivity index (χ1v) is 5.76. The highest BCUT2D eigenvalue weighted by molar-refractivity contribution is 5.81. The largest absolute Gasteiger partial charge is 0.465 e. The van der Waals surface area contributed by atoms with Gasteiger partial charge in [0.1, 0.15) is 11.5 Å². The lowest BCUT2D eigenvalue weighted by molar-refractivity contribution is -0.137. The molecule has 0 aromatic carbocycles. The van der Waals surface area contributed by atoms with Crippen LogP contribution < -0.4 is 5.32 Å². The Morgan fingerprint density at radius 3 is 2.94 bits per heavy atom. The SMILES string of the molecule is CCOC(=O)/C=C/CNC(C)c1ccc(C)o1. The predicted molar refractivity (Wildman–Crippen MR) is 65.6 cm³/mol. The summed E-state index contributed by atoms with van der Waals surface area (Å²) < 4.78 is 10.2. The summed E-state index contributed by atoms with van der Waals surface area (Å²) in [5, 5.41) is 3.22. The maximum Gasteiger partial charge on any atom is 0.330 e. The van der Waals surface area contributed by atoms with Crippen molar-refractivity contribution >= 4 is 5.97 Å². The third-order valence-corrected chi connectivity index (χ3v) is 2.27. The molecule has 1 unspecified atom stereocenters. The van der Waals surface area contributed by atoms with Crippen LogP contribution >= 0.6 is 0 Å². The van der Waals surface area contributed by atoms with Crippen LogP contribution in [0.4, 0.5) is 0 Å². The van der Waals surface area contributed by atoms with Gasteiger partial charge in [-0.25, -0.2) is 4.79 Å². The number of furan rings is 1. The molecule has 0 bridgehead atoms. The van der Waals surface area contributed by atoms with Crippen molar-refractivity contribution in [2.45, 2.75) is 26.8 Å². The number of hydrogen-bond acceptors (Lipinski definition) is 4. The molecule has 1 N–H and O–H groups in total.